The zero-order valence-electron chi connectivity index (χ0n) is 15.1. The van der Waals surface area contributed by atoms with Gasteiger partial charge in [-0.1, -0.05) is 6.07 Å². The number of ketones is 1. The summed E-state index contributed by atoms with van der Waals surface area (Å²) in [6, 6.07) is 11.6. The fourth-order valence-electron chi connectivity index (χ4n) is 3.48. The van der Waals surface area contributed by atoms with Crippen molar-refractivity contribution in [2.45, 2.75) is 13.0 Å². The molecular formula is C22H18N2O3S. The molecule has 140 valence electrons. The van der Waals surface area contributed by atoms with Crippen molar-refractivity contribution >= 4 is 23.2 Å². The van der Waals surface area contributed by atoms with E-state index in [-0.39, 0.29) is 5.78 Å². The summed E-state index contributed by atoms with van der Waals surface area (Å²) in [6.07, 6.45) is 6.13. The van der Waals surface area contributed by atoms with Gasteiger partial charge in [-0.25, -0.2) is 0 Å². The second kappa shape index (κ2) is 7.22. The third kappa shape index (κ3) is 3.21. The molecule has 0 amide bonds. The summed E-state index contributed by atoms with van der Waals surface area (Å²) in [4.78, 5) is 20.4. The van der Waals surface area contributed by atoms with Gasteiger partial charge in [0.25, 0.3) is 0 Å². The maximum Gasteiger partial charge on any atom is 0.231 e. The maximum absolute atomic E-state index is 12.8. The molecule has 0 atom stereocenters. The van der Waals surface area contributed by atoms with Gasteiger partial charge in [-0.3, -0.25) is 14.7 Å². The van der Waals surface area contributed by atoms with E-state index in [0.29, 0.717) is 30.3 Å². The molecule has 2 aromatic heterocycles. The number of hydrogen-bond donors (Lipinski definition) is 0. The SMILES string of the molecule is O=C1/C(=C/c2ccncc2)Oc2c1ccc1c2CN(CCc2cccs2)CO1. The van der Waals surface area contributed by atoms with Gasteiger partial charge < -0.3 is 9.47 Å². The number of hydrogen-bond acceptors (Lipinski definition) is 6. The second-order valence-electron chi connectivity index (χ2n) is 6.79. The largest absolute Gasteiger partial charge is 0.478 e. The highest BCUT2D eigenvalue weighted by Crippen LogP contribution is 2.42. The molecule has 5 nitrogen and oxygen atoms in total. The monoisotopic (exact) mass is 390 g/mol. The van der Waals surface area contributed by atoms with Gasteiger partial charge in [0.05, 0.1) is 11.1 Å². The Labute approximate surface area is 166 Å². The number of allylic oxidation sites excluding steroid dienone is 1. The first-order valence-corrected chi connectivity index (χ1v) is 10.0. The molecule has 3 aromatic rings. The number of Topliss-reactive ketones (excluding diaryl/α,β-unsaturated/α-hetero) is 1. The molecule has 0 radical (unpaired) electrons. The van der Waals surface area contributed by atoms with Crippen molar-refractivity contribution in [1.82, 2.24) is 9.88 Å². The summed E-state index contributed by atoms with van der Waals surface area (Å²) in [6.45, 7) is 2.15. The fourth-order valence-corrected chi connectivity index (χ4v) is 4.18. The van der Waals surface area contributed by atoms with Crippen LogP contribution in [0, 0.1) is 0 Å². The molecule has 1 aromatic carbocycles. The Morgan fingerprint density at radius 3 is 2.89 bits per heavy atom. The lowest BCUT2D eigenvalue weighted by Gasteiger charge is -2.29. The van der Waals surface area contributed by atoms with Crippen LogP contribution >= 0.6 is 11.3 Å². The first-order valence-electron chi connectivity index (χ1n) is 9.15. The Morgan fingerprint density at radius 1 is 1.18 bits per heavy atom. The number of fused-ring (bicyclic) bond motifs is 3. The van der Waals surface area contributed by atoms with Crippen molar-refractivity contribution in [3.05, 3.63) is 81.5 Å². The Morgan fingerprint density at radius 2 is 2.07 bits per heavy atom. The van der Waals surface area contributed by atoms with Crippen LogP contribution in [0.3, 0.4) is 0 Å². The lowest BCUT2D eigenvalue weighted by Crippen LogP contribution is -2.33. The van der Waals surface area contributed by atoms with Crippen LogP contribution < -0.4 is 9.47 Å². The lowest BCUT2D eigenvalue weighted by molar-refractivity contribution is 0.0951. The van der Waals surface area contributed by atoms with E-state index < -0.39 is 0 Å². The average molecular weight is 390 g/mol. The van der Waals surface area contributed by atoms with Gasteiger partial charge >= 0.3 is 0 Å². The van der Waals surface area contributed by atoms with E-state index in [2.05, 4.69) is 27.4 Å². The molecule has 28 heavy (non-hydrogen) atoms. The van der Waals surface area contributed by atoms with Gasteiger partial charge in [0.2, 0.25) is 5.78 Å². The van der Waals surface area contributed by atoms with E-state index in [1.165, 1.54) is 4.88 Å². The van der Waals surface area contributed by atoms with Crippen LogP contribution in [0.15, 0.2) is 59.9 Å². The summed E-state index contributed by atoms with van der Waals surface area (Å²) in [5, 5.41) is 2.10. The molecule has 0 aliphatic carbocycles. The zero-order valence-corrected chi connectivity index (χ0v) is 15.9. The lowest BCUT2D eigenvalue weighted by atomic mass is 10.0. The Balaban J connectivity index is 1.39. The Kier molecular flexibility index (Phi) is 4.43. The molecule has 2 aliphatic rings. The van der Waals surface area contributed by atoms with Gasteiger partial charge in [-0.15, -0.1) is 11.3 Å². The van der Waals surface area contributed by atoms with Gasteiger partial charge in [0.1, 0.15) is 18.2 Å². The molecule has 2 aliphatic heterocycles. The molecule has 6 heteroatoms. The van der Waals surface area contributed by atoms with Crippen LogP contribution in [0.25, 0.3) is 6.08 Å². The van der Waals surface area contributed by atoms with Crippen LogP contribution in [0.4, 0.5) is 0 Å². The van der Waals surface area contributed by atoms with Gasteiger partial charge in [-0.05, 0) is 53.8 Å². The van der Waals surface area contributed by atoms with E-state index in [1.807, 2.05) is 18.2 Å². The molecule has 0 spiro atoms. The minimum absolute atomic E-state index is 0.0923. The number of carbonyl (C=O) groups is 1. The van der Waals surface area contributed by atoms with E-state index in [1.54, 1.807) is 35.9 Å². The van der Waals surface area contributed by atoms with Crippen molar-refractivity contribution in [1.29, 1.82) is 0 Å². The fraction of sp³-hybridized carbons (Fsp3) is 0.182. The summed E-state index contributed by atoms with van der Waals surface area (Å²) in [5.74, 6) is 1.67. The highest BCUT2D eigenvalue weighted by Gasteiger charge is 2.33. The molecule has 4 heterocycles. The van der Waals surface area contributed by atoms with Gasteiger partial charge in [0, 0.05) is 30.4 Å². The number of pyridine rings is 1. The summed E-state index contributed by atoms with van der Waals surface area (Å²) < 4.78 is 11.9. The summed E-state index contributed by atoms with van der Waals surface area (Å²) in [5.41, 5.74) is 2.43. The van der Waals surface area contributed by atoms with E-state index in [9.17, 15) is 4.79 Å². The smallest absolute Gasteiger partial charge is 0.231 e. The summed E-state index contributed by atoms with van der Waals surface area (Å²) in [7, 11) is 0. The van der Waals surface area contributed by atoms with Crippen molar-refractivity contribution in [3.8, 4) is 11.5 Å². The molecule has 0 unspecified atom stereocenters. The predicted octanol–water partition coefficient (Wildman–Crippen LogP) is 4.15. The minimum atomic E-state index is -0.0923. The van der Waals surface area contributed by atoms with Crippen LogP contribution in [0.2, 0.25) is 0 Å². The molecule has 0 saturated carbocycles. The Hall–Kier alpha value is -2.96. The van der Waals surface area contributed by atoms with E-state index >= 15 is 0 Å². The third-order valence-corrected chi connectivity index (χ3v) is 5.88. The molecule has 0 N–H and O–H groups in total. The zero-order chi connectivity index (χ0) is 18.9. The third-order valence-electron chi connectivity index (χ3n) is 4.94. The highest BCUT2D eigenvalue weighted by molar-refractivity contribution is 7.09. The first kappa shape index (κ1) is 17.2. The molecule has 0 fully saturated rings. The van der Waals surface area contributed by atoms with Crippen molar-refractivity contribution in [3.63, 3.8) is 0 Å². The maximum atomic E-state index is 12.8. The molecule has 0 bridgehead atoms. The number of ether oxygens (including phenoxy) is 2. The first-order chi connectivity index (χ1) is 13.8. The standard InChI is InChI=1S/C22H18N2O3S/c25-21-17-3-4-19-18(13-24(14-26-19)10-7-16-2-1-11-28-16)22(17)27-20(21)12-15-5-8-23-9-6-15/h1-6,8-9,11-12H,7,10,13-14H2/b20-12-. The normalized spacial score (nSPS) is 17.1. The van der Waals surface area contributed by atoms with Crippen molar-refractivity contribution < 1.29 is 14.3 Å². The number of benzene rings is 1. The van der Waals surface area contributed by atoms with Crippen molar-refractivity contribution in [2.75, 3.05) is 13.3 Å². The highest BCUT2D eigenvalue weighted by atomic mass is 32.1. The minimum Gasteiger partial charge on any atom is -0.478 e. The summed E-state index contributed by atoms with van der Waals surface area (Å²) >= 11 is 1.77. The second-order valence-corrected chi connectivity index (χ2v) is 7.83. The predicted molar refractivity (Wildman–Crippen MR) is 108 cm³/mol. The average Bonchev–Trinajstić information content (AvgIpc) is 3.36. The molecular weight excluding hydrogens is 372 g/mol. The number of carbonyl (C=O) groups excluding carboxylic acids is 1. The number of thiophene rings is 1. The van der Waals surface area contributed by atoms with Crippen LogP contribution in [0.1, 0.15) is 26.4 Å². The number of aromatic nitrogens is 1. The molecule has 5 rings (SSSR count). The molecule has 0 saturated heterocycles. The number of rotatable bonds is 4. The topological polar surface area (TPSA) is 51.7 Å². The van der Waals surface area contributed by atoms with E-state index in [4.69, 9.17) is 9.47 Å². The van der Waals surface area contributed by atoms with Crippen LogP contribution in [0.5, 0.6) is 11.5 Å². The van der Waals surface area contributed by atoms with Crippen LogP contribution in [-0.2, 0) is 13.0 Å². The Bertz CT molecular complexity index is 1050. The number of nitrogens with zero attached hydrogens (tertiary/aromatic N) is 2. The van der Waals surface area contributed by atoms with E-state index in [0.717, 1.165) is 29.8 Å². The van der Waals surface area contributed by atoms with Crippen molar-refractivity contribution in [2.24, 2.45) is 0 Å². The van der Waals surface area contributed by atoms with Gasteiger partial charge in [-0.2, -0.15) is 0 Å². The van der Waals surface area contributed by atoms with Crippen LogP contribution in [-0.4, -0.2) is 28.9 Å². The quantitative estimate of drug-likeness (QED) is 0.627. The van der Waals surface area contributed by atoms with Gasteiger partial charge in [0.15, 0.2) is 5.76 Å².